The Bertz CT molecular complexity index is 929. The van der Waals surface area contributed by atoms with Crippen molar-refractivity contribution in [2.45, 2.75) is 27.2 Å². The van der Waals surface area contributed by atoms with Crippen molar-refractivity contribution in [3.05, 3.63) is 65.7 Å². The van der Waals surface area contributed by atoms with E-state index in [4.69, 9.17) is 4.74 Å². The largest absolute Gasteiger partial charge is 0.457 e. The minimum Gasteiger partial charge on any atom is -0.457 e. The number of anilines is 1. The number of hydrogen-bond acceptors (Lipinski definition) is 3. The van der Waals surface area contributed by atoms with Crippen molar-refractivity contribution in [2.24, 2.45) is 17.8 Å². The Kier molecular flexibility index (Phi) is 4.34. The van der Waals surface area contributed by atoms with E-state index >= 15 is 0 Å². The highest BCUT2D eigenvalue weighted by Crippen LogP contribution is 2.40. The molecule has 0 unspecified atom stereocenters. The van der Waals surface area contributed by atoms with Crippen molar-refractivity contribution in [2.75, 3.05) is 4.90 Å². The molecule has 0 radical (unpaired) electrons. The average Bonchev–Trinajstić information content (AvgIpc) is 2.91. The van der Waals surface area contributed by atoms with Crippen LogP contribution in [0.4, 0.5) is 5.69 Å². The zero-order valence-corrected chi connectivity index (χ0v) is 15.8. The third kappa shape index (κ3) is 3.05. The monoisotopic (exact) mass is 361 g/mol. The van der Waals surface area contributed by atoms with E-state index < -0.39 is 0 Å². The van der Waals surface area contributed by atoms with Crippen molar-refractivity contribution in [1.82, 2.24) is 0 Å². The first-order valence-electron chi connectivity index (χ1n) is 9.35. The Hall–Kier alpha value is -2.88. The lowest BCUT2D eigenvalue weighted by Gasteiger charge is -2.22. The van der Waals surface area contributed by atoms with Crippen LogP contribution in [0.1, 0.15) is 24.5 Å². The van der Waals surface area contributed by atoms with E-state index in [0.29, 0.717) is 17.9 Å². The first kappa shape index (κ1) is 17.5. The van der Waals surface area contributed by atoms with Gasteiger partial charge in [-0.3, -0.25) is 14.5 Å². The van der Waals surface area contributed by atoms with E-state index in [0.717, 1.165) is 5.75 Å². The Balaban J connectivity index is 1.55. The van der Waals surface area contributed by atoms with E-state index in [1.807, 2.05) is 44.2 Å². The van der Waals surface area contributed by atoms with E-state index in [-0.39, 0.29) is 29.6 Å². The van der Waals surface area contributed by atoms with Gasteiger partial charge >= 0.3 is 0 Å². The minimum absolute atomic E-state index is 0.0929. The first-order valence-corrected chi connectivity index (χ1v) is 9.35. The van der Waals surface area contributed by atoms with Crippen LogP contribution in [0.5, 0.6) is 11.5 Å². The summed E-state index contributed by atoms with van der Waals surface area (Å²) in [5.41, 5.74) is 3.00. The number of allylic oxidation sites excluding steroid dienone is 2. The van der Waals surface area contributed by atoms with Crippen molar-refractivity contribution in [3.63, 3.8) is 0 Å². The van der Waals surface area contributed by atoms with Crippen LogP contribution in [0, 0.1) is 31.6 Å². The van der Waals surface area contributed by atoms with Gasteiger partial charge < -0.3 is 4.74 Å². The highest BCUT2D eigenvalue weighted by Gasteiger charge is 2.50. The number of fused-ring (bicyclic) bond motifs is 1. The topological polar surface area (TPSA) is 46.6 Å². The van der Waals surface area contributed by atoms with Gasteiger partial charge in [-0.15, -0.1) is 0 Å². The predicted octanol–water partition coefficient (Wildman–Crippen LogP) is 4.80. The molecule has 27 heavy (non-hydrogen) atoms. The Morgan fingerprint density at radius 3 is 2.30 bits per heavy atom. The third-order valence-electron chi connectivity index (χ3n) is 5.68. The summed E-state index contributed by atoms with van der Waals surface area (Å²) in [5, 5.41) is 0. The number of rotatable bonds is 3. The molecule has 4 rings (SSSR count). The number of nitrogens with zero attached hydrogens (tertiary/aromatic N) is 1. The summed E-state index contributed by atoms with van der Waals surface area (Å²) in [6.45, 7) is 6.11. The van der Waals surface area contributed by atoms with Gasteiger partial charge in [0.1, 0.15) is 11.5 Å². The molecule has 1 fully saturated rings. The SMILES string of the molecule is Cc1ccc(Oc2ccc(N3C(=O)[C@@H]4[C@H](C)C=CC[C@@H]4C3=O)cc2)cc1C. The quantitative estimate of drug-likeness (QED) is 0.583. The molecule has 2 aliphatic rings. The number of benzene rings is 2. The van der Waals surface area contributed by atoms with E-state index in [9.17, 15) is 9.59 Å². The fraction of sp³-hybridized carbons (Fsp3) is 0.304. The van der Waals surface area contributed by atoms with Gasteiger partial charge in [-0.05, 0) is 73.7 Å². The number of aryl methyl sites for hydroxylation is 2. The molecule has 0 aromatic heterocycles. The second-order valence-electron chi connectivity index (χ2n) is 7.51. The maximum Gasteiger partial charge on any atom is 0.238 e. The molecule has 1 aliphatic heterocycles. The molecule has 138 valence electrons. The number of hydrogen-bond donors (Lipinski definition) is 0. The number of ether oxygens (including phenoxy) is 1. The lowest BCUT2D eigenvalue weighted by atomic mass is 9.78. The molecule has 0 bridgehead atoms. The maximum atomic E-state index is 12.8. The molecule has 4 nitrogen and oxygen atoms in total. The molecule has 1 aliphatic carbocycles. The fourth-order valence-electron chi connectivity index (χ4n) is 3.98. The Labute approximate surface area is 159 Å². The molecule has 1 heterocycles. The number of imide groups is 1. The summed E-state index contributed by atoms with van der Waals surface area (Å²) in [4.78, 5) is 27.0. The van der Waals surface area contributed by atoms with Gasteiger partial charge in [0.2, 0.25) is 11.8 Å². The maximum absolute atomic E-state index is 12.8. The van der Waals surface area contributed by atoms with Gasteiger partial charge in [-0.1, -0.05) is 25.1 Å². The van der Waals surface area contributed by atoms with Crippen molar-refractivity contribution >= 4 is 17.5 Å². The van der Waals surface area contributed by atoms with Crippen LogP contribution in [0.2, 0.25) is 0 Å². The lowest BCUT2D eigenvalue weighted by Crippen LogP contribution is -2.31. The summed E-state index contributed by atoms with van der Waals surface area (Å²) in [6, 6.07) is 13.1. The highest BCUT2D eigenvalue weighted by atomic mass is 16.5. The summed E-state index contributed by atoms with van der Waals surface area (Å²) in [7, 11) is 0. The zero-order chi connectivity index (χ0) is 19.1. The molecule has 3 atom stereocenters. The van der Waals surface area contributed by atoms with Crippen molar-refractivity contribution in [3.8, 4) is 11.5 Å². The zero-order valence-electron chi connectivity index (χ0n) is 15.8. The lowest BCUT2D eigenvalue weighted by molar-refractivity contribution is -0.122. The van der Waals surface area contributed by atoms with Gasteiger partial charge in [0.05, 0.1) is 17.5 Å². The first-order chi connectivity index (χ1) is 13.0. The predicted molar refractivity (Wildman–Crippen MR) is 105 cm³/mol. The molecule has 2 amide bonds. The van der Waals surface area contributed by atoms with Gasteiger partial charge in [-0.25, -0.2) is 0 Å². The number of amides is 2. The molecule has 1 saturated heterocycles. The van der Waals surface area contributed by atoms with E-state index in [2.05, 4.69) is 6.92 Å². The molecule has 2 aromatic carbocycles. The Morgan fingerprint density at radius 1 is 0.926 bits per heavy atom. The van der Waals surface area contributed by atoms with Crippen LogP contribution in [-0.2, 0) is 9.59 Å². The second kappa shape index (κ2) is 6.69. The summed E-state index contributed by atoms with van der Waals surface area (Å²) in [5.74, 6) is 0.878. The van der Waals surface area contributed by atoms with Gasteiger partial charge in [-0.2, -0.15) is 0 Å². The summed E-state index contributed by atoms with van der Waals surface area (Å²) >= 11 is 0. The van der Waals surface area contributed by atoms with Crippen LogP contribution in [0.3, 0.4) is 0 Å². The number of carbonyl (C=O) groups is 2. The van der Waals surface area contributed by atoms with Crippen molar-refractivity contribution in [1.29, 1.82) is 0 Å². The molecule has 0 saturated carbocycles. The molecule has 0 N–H and O–H groups in total. The molecule has 2 aromatic rings. The third-order valence-corrected chi connectivity index (χ3v) is 5.68. The number of carbonyl (C=O) groups excluding carboxylic acids is 2. The standard InChI is InChI=1S/C23H23NO3/c1-14-7-10-19(13-16(14)3)27-18-11-8-17(9-12-18)24-22(25)20-6-4-5-15(2)21(20)23(24)26/h4-5,7-13,15,20-21H,6H2,1-3H3/t15-,20+,21-/m1/s1. The fourth-order valence-corrected chi connectivity index (χ4v) is 3.98. The van der Waals surface area contributed by atoms with Gasteiger partial charge in [0.25, 0.3) is 0 Å². The normalized spacial score (nSPS) is 24.3. The summed E-state index contributed by atoms with van der Waals surface area (Å²) < 4.78 is 5.90. The van der Waals surface area contributed by atoms with Crippen LogP contribution in [0.25, 0.3) is 0 Å². The van der Waals surface area contributed by atoms with Crippen LogP contribution >= 0.6 is 0 Å². The smallest absolute Gasteiger partial charge is 0.238 e. The summed E-state index contributed by atoms with van der Waals surface area (Å²) in [6.07, 6.45) is 4.70. The van der Waals surface area contributed by atoms with Crippen LogP contribution < -0.4 is 9.64 Å². The van der Waals surface area contributed by atoms with Gasteiger partial charge in [0, 0.05) is 0 Å². The van der Waals surface area contributed by atoms with E-state index in [1.54, 1.807) is 24.3 Å². The molecule has 4 heteroatoms. The molecule has 0 spiro atoms. The van der Waals surface area contributed by atoms with Gasteiger partial charge in [0.15, 0.2) is 0 Å². The average molecular weight is 361 g/mol. The molecular formula is C23H23NO3. The minimum atomic E-state index is -0.242. The van der Waals surface area contributed by atoms with Crippen LogP contribution in [-0.4, -0.2) is 11.8 Å². The highest BCUT2D eigenvalue weighted by molar-refractivity contribution is 6.22. The van der Waals surface area contributed by atoms with Crippen molar-refractivity contribution < 1.29 is 14.3 Å². The van der Waals surface area contributed by atoms with E-state index in [1.165, 1.54) is 16.0 Å². The molecular weight excluding hydrogens is 338 g/mol. The Morgan fingerprint density at radius 2 is 1.63 bits per heavy atom. The second-order valence-corrected chi connectivity index (χ2v) is 7.51. The van der Waals surface area contributed by atoms with Crippen LogP contribution in [0.15, 0.2) is 54.6 Å².